The highest BCUT2D eigenvalue weighted by Gasteiger charge is 2.12. The van der Waals surface area contributed by atoms with Gasteiger partial charge in [0.15, 0.2) is 17.4 Å². The zero-order valence-electron chi connectivity index (χ0n) is 14.8. The van der Waals surface area contributed by atoms with Crippen LogP contribution in [0.1, 0.15) is 10.6 Å². The molecule has 2 aromatic heterocycles. The molecule has 2 aromatic carbocycles. The molecule has 0 aliphatic heterocycles. The number of nitrogens with zero attached hydrogens (tertiary/aromatic N) is 1. The van der Waals surface area contributed by atoms with Crippen molar-refractivity contribution in [2.24, 2.45) is 0 Å². The van der Waals surface area contributed by atoms with Gasteiger partial charge in [0, 0.05) is 10.3 Å². The number of thiazole rings is 1. The summed E-state index contributed by atoms with van der Waals surface area (Å²) in [6.07, 6.45) is 1.62. The summed E-state index contributed by atoms with van der Waals surface area (Å²) in [5.74, 6) is 1.27. The molecule has 1 N–H and O–H groups in total. The standard InChI is InChI=1S/C21H18N2O3S/c1-14-19(27-21(23-14)18-10-5-11-25-18)12-22-20(24)13-26-17-9-4-7-15-6-2-3-8-16(15)17/h2-11H,12-13H2,1H3,(H,22,24). The average molecular weight is 378 g/mol. The van der Waals surface area contributed by atoms with Crippen LogP contribution in [0.5, 0.6) is 5.75 Å². The summed E-state index contributed by atoms with van der Waals surface area (Å²) in [5, 5.41) is 5.79. The minimum Gasteiger partial charge on any atom is -0.483 e. The first-order valence-corrected chi connectivity index (χ1v) is 9.40. The van der Waals surface area contributed by atoms with E-state index in [4.69, 9.17) is 9.15 Å². The summed E-state index contributed by atoms with van der Waals surface area (Å²) in [7, 11) is 0. The summed E-state index contributed by atoms with van der Waals surface area (Å²) >= 11 is 1.52. The maximum absolute atomic E-state index is 12.2. The lowest BCUT2D eigenvalue weighted by Gasteiger charge is -2.09. The fraction of sp³-hybridized carbons (Fsp3) is 0.143. The third kappa shape index (κ3) is 3.85. The molecule has 0 radical (unpaired) electrons. The van der Waals surface area contributed by atoms with Gasteiger partial charge in [-0.15, -0.1) is 11.3 Å². The van der Waals surface area contributed by atoms with Gasteiger partial charge in [-0.2, -0.15) is 0 Å². The maximum atomic E-state index is 12.2. The number of carbonyl (C=O) groups excluding carboxylic acids is 1. The molecule has 1 amide bonds. The normalized spacial score (nSPS) is 10.9. The predicted octanol–water partition coefficient (Wildman–Crippen LogP) is 4.56. The van der Waals surface area contributed by atoms with E-state index >= 15 is 0 Å². The van der Waals surface area contributed by atoms with Gasteiger partial charge in [-0.3, -0.25) is 4.79 Å². The molecule has 27 heavy (non-hydrogen) atoms. The zero-order valence-corrected chi connectivity index (χ0v) is 15.6. The van der Waals surface area contributed by atoms with Crippen LogP contribution in [0, 0.1) is 6.92 Å². The van der Waals surface area contributed by atoms with E-state index in [9.17, 15) is 4.79 Å². The van der Waals surface area contributed by atoms with Gasteiger partial charge in [-0.05, 0) is 30.5 Å². The summed E-state index contributed by atoms with van der Waals surface area (Å²) < 4.78 is 11.1. The van der Waals surface area contributed by atoms with Crippen molar-refractivity contribution in [1.82, 2.24) is 10.3 Å². The third-order valence-electron chi connectivity index (χ3n) is 4.18. The molecule has 6 heteroatoms. The Morgan fingerprint density at radius 3 is 2.85 bits per heavy atom. The monoisotopic (exact) mass is 378 g/mol. The SMILES string of the molecule is Cc1nc(-c2ccco2)sc1CNC(=O)COc1cccc2ccccc12. The number of rotatable bonds is 6. The first-order valence-electron chi connectivity index (χ1n) is 8.58. The largest absolute Gasteiger partial charge is 0.483 e. The van der Waals surface area contributed by atoms with Gasteiger partial charge in [0.1, 0.15) is 5.75 Å². The number of nitrogens with one attached hydrogen (secondary N) is 1. The van der Waals surface area contributed by atoms with Crippen LogP contribution in [0.15, 0.2) is 65.3 Å². The molecule has 0 aliphatic carbocycles. The Kier molecular flexibility index (Phi) is 4.89. The van der Waals surface area contributed by atoms with E-state index < -0.39 is 0 Å². The lowest BCUT2D eigenvalue weighted by molar-refractivity contribution is -0.123. The van der Waals surface area contributed by atoms with Crippen LogP contribution in [0.2, 0.25) is 0 Å². The minimum absolute atomic E-state index is 0.0309. The smallest absolute Gasteiger partial charge is 0.258 e. The highest BCUT2D eigenvalue weighted by atomic mass is 32.1. The number of furan rings is 1. The molecule has 4 aromatic rings. The lowest BCUT2D eigenvalue weighted by atomic mass is 10.1. The molecule has 0 saturated carbocycles. The number of carbonyl (C=O) groups is 1. The fourth-order valence-electron chi connectivity index (χ4n) is 2.79. The molecule has 2 heterocycles. The van der Waals surface area contributed by atoms with Crippen molar-refractivity contribution >= 4 is 28.0 Å². The Morgan fingerprint density at radius 1 is 1.15 bits per heavy atom. The van der Waals surface area contributed by atoms with Crippen LogP contribution in [0.4, 0.5) is 0 Å². The molecule has 136 valence electrons. The third-order valence-corrected chi connectivity index (χ3v) is 5.35. The molecule has 0 bridgehead atoms. The highest BCUT2D eigenvalue weighted by Crippen LogP contribution is 2.28. The van der Waals surface area contributed by atoms with Crippen LogP contribution < -0.4 is 10.1 Å². The van der Waals surface area contributed by atoms with E-state index in [0.717, 1.165) is 32.1 Å². The van der Waals surface area contributed by atoms with E-state index in [2.05, 4.69) is 10.3 Å². The average Bonchev–Trinajstić information content (AvgIpc) is 3.34. The number of hydrogen-bond donors (Lipinski definition) is 1. The second-order valence-corrected chi connectivity index (χ2v) is 7.13. The van der Waals surface area contributed by atoms with Crippen molar-refractivity contribution in [2.75, 3.05) is 6.61 Å². The van der Waals surface area contributed by atoms with Crippen molar-refractivity contribution in [2.45, 2.75) is 13.5 Å². The number of aromatic nitrogens is 1. The second-order valence-electron chi connectivity index (χ2n) is 6.05. The number of fused-ring (bicyclic) bond motifs is 1. The zero-order chi connectivity index (χ0) is 18.6. The first kappa shape index (κ1) is 17.3. The van der Waals surface area contributed by atoms with Gasteiger partial charge >= 0.3 is 0 Å². The minimum atomic E-state index is -0.171. The Labute approximate surface area is 160 Å². The van der Waals surface area contributed by atoms with Crippen LogP contribution >= 0.6 is 11.3 Å². The van der Waals surface area contributed by atoms with Crippen LogP contribution in [-0.4, -0.2) is 17.5 Å². The molecular weight excluding hydrogens is 360 g/mol. The fourth-order valence-corrected chi connectivity index (χ4v) is 3.76. The summed E-state index contributed by atoms with van der Waals surface area (Å²) in [5.41, 5.74) is 0.890. The predicted molar refractivity (Wildman–Crippen MR) is 106 cm³/mol. The van der Waals surface area contributed by atoms with E-state index in [1.54, 1.807) is 6.26 Å². The Hall–Kier alpha value is -3.12. The van der Waals surface area contributed by atoms with Gasteiger partial charge in [0.05, 0.1) is 18.5 Å². The molecule has 0 saturated heterocycles. The quantitative estimate of drug-likeness (QED) is 0.534. The van der Waals surface area contributed by atoms with Crippen molar-refractivity contribution in [1.29, 1.82) is 0 Å². The molecule has 5 nitrogen and oxygen atoms in total. The van der Waals surface area contributed by atoms with E-state index in [1.807, 2.05) is 61.5 Å². The van der Waals surface area contributed by atoms with Crippen molar-refractivity contribution < 1.29 is 13.9 Å². The molecular formula is C21H18N2O3S. The number of amides is 1. The number of ether oxygens (including phenoxy) is 1. The Bertz CT molecular complexity index is 1060. The van der Waals surface area contributed by atoms with Crippen LogP contribution in [-0.2, 0) is 11.3 Å². The number of benzene rings is 2. The Balaban J connectivity index is 1.36. The van der Waals surface area contributed by atoms with E-state index in [0.29, 0.717) is 12.3 Å². The van der Waals surface area contributed by atoms with Crippen molar-refractivity contribution in [3.63, 3.8) is 0 Å². The maximum Gasteiger partial charge on any atom is 0.258 e. The van der Waals surface area contributed by atoms with Gasteiger partial charge < -0.3 is 14.5 Å². The van der Waals surface area contributed by atoms with E-state index in [-0.39, 0.29) is 12.5 Å². The van der Waals surface area contributed by atoms with E-state index in [1.165, 1.54) is 11.3 Å². The van der Waals surface area contributed by atoms with Crippen molar-refractivity contribution in [3.05, 3.63) is 71.4 Å². The van der Waals surface area contributed by atoms with Gasteiger partial charge in [0.2, 0.25) is 0 Å². The molecule has 0 atom stereocenters. The number of aryl methyl sites for hydroxylation is 1. The van der Waals surface area contributed by atoms with Gasteiger partial charge in [0.25, 0.3) is 5.91 Å². The molecule has 0 aliphatic rings. The lowest BCUT2D eigenvalue weighted by Crippen LogP contribution is -2.28. The summed E-state index contributed by atoms with van der Waals surface area (Å²) in [6.45, 7) is 2.32. The van der Waals surface area contributed by atoms with Gasteiger partial charge in [-0.25, -0.2) is 4.98 Å². The summed E-state index contributed by atoms with van der Waals surface area (Å²) in [4.78, 5) is 17.7. The molecule has 0 unspecified atom stereocenters. The second kappa shape index (κ2) is 7.63. The highest BCUT2D eigenvalue weighted by molar-refractivity contribution is 7.15. The van der Waals surface area contributed by atoms with Crippen LogP contribution in [0.25, 0.3) is 21.5 Å². The molecule has 0 spiro atoms. The molecule has 0 fully saturated rings. The molecule has 4 rings (SSSR count). The first-order chi connectivity index (χ1) is 13.2. The summed E-state index contributed by atoms with van der Waals surface area (Å²) in [6, 6.07) is 17.5. The van der Waals surface area contributed by atoms with Gasteiger partial charge in [-0.1, -0.05) is 36.4 Å². The number of hydrogen-bond acceptors (Lipinski definition) is 5. The Morgan fingerprint density at radius 2 is 2.00 bits per heavy atom. The van der Waals surface area contributed by atoms with Crippen molar-refractivity contribution in [3.8, 4) is 16.5 Å². The van der Waals surface area contributed by atoms with Crippen LogP contribution in [0.3, 0.4) is 0 Å². The topological polar surface area (TPSA) is 64.4 Å².